The predicted octanol–water partition coefficient (Wildman–Crippen LogP) is 6.85. The van der Waals surface area contributed by atoms with Crippen LogP contribution in [0.2, 0.25) is 15.1 Å². The SMILES string of the molecule is Cc1cc(OCc2csc(C(=O)Nc3ccc(Cl)cc3Cl)c2)ccc1Cl. The second-order valence-electron chi connectivity index (χ2n) is 5.60. The van der Waals surface area contributed by atoms with E-state index in [9.17, 15) is 4.79 Å². The van der Waals surface area contributed by atoms with Crippen LogP contribution in [0.1, 0.15) is 20.8 Å². The summed E-state index contributed by atoms with van der Waals surface area (Å²) in [5, 5.41) is 6.28. The van der Waals surface area contributed by atoms with Crippen LogP contribution in [0.5, 0.6) is 5.75 Å². The highest BCUT2D eigenvalue weighted by atomic mass is 35.5. The molecule has 0 bridgehead atoms. The Balaban J connectivity index is 1.63. The molecule has 0 aliphatic rings. The average Bonchev–Trinajstić information content (AvgIpc) is 3.07. The van der Waals surface area contributed by atoms with E-state index in [4.69, 9.17) is 39.5 Å². The lowest BCUT2D eigenvalue weighted by atomic mass is 10.2. The number of ether oxygens (including phenoxy) is 1. The van der Waals surface area contributed by atoms with Gasteiger partial charge in [0.2, 0.25) is 0 Å². The highest BCUT2D eigenvalue weighted by molar-refractivity contribution is 7.12. The van der Waals surface area contributed by atoms with E-state index >= 15 is 0 Å². The van der Waals surface area contributed by atoms with Crippen molar-refractivity contribution in [3.63, 3.8) is 0 Å². The number of benzene rings is 2. The Morgan fingerprint density at radius 1 is 1.08 bits per heavy atom. The van der Waals surface area contributed by atoms with Crippen LogP contribution in [-0.4, -0.2) is 5.91 Å². The summed E-state index contributed by atoms with van der Waals surface area (Å²) < 4.78 is 5.75. The third-order valence-corrected chi connectivity index (χ3v) is 5.54. The van der Waals surface area contributed by atoms with Crippen molar-refractivity contribution in [2.24, 2.45) is 0 Å². The maximum absolute atomic E-state index is 12.4. The Morgan fingerprint density at radius 2 is 1.88 bits per heavy atom. The van der Waals surface area contributed by atoms with Gasteiger partial charge >= 0.3 is 0 Å². The van der Waals surface area contributed by atoms with Gasteiger partial charge in [0.25, 0.3) is 5.91 Å². The number of hydrogen-bond acceptors (Lipinski definition) is 3. The smallest absolute Gasteiger partial charge is 0.265 e. The minimum absolute atomic E-state index is 0.229. The molecule has 134 valence electrons. The zero-order chi connectivity index (χ0) is 18.7. The third-order valence-electron chi connectivity index (χ3n) is 3.59. The first kappa shape index (κ1) is 19.1. The fourth-order valence-corrected chi connectivity index (χ4v) is 3.58. The van der Waals surface area contributed by atoms with Gasteiger partial charge < -0.3 is 10.1 Å². The molecule has 0 aliphatic carbocycles. The van der Waals surface area contributed by atoms with Gasteiger partial charge in [0.15, 0.2) is 0 Å². The lowest BCUT2D eigenvalue weighted by Crippen LogP contribution is -2.10. The van der Waals surface area contributed by atoms with Gasteiger partial charge in [-0.1, -0.05) is 34.8 Å². The van der Waals surface area contributed by atoms with Crippen molar-refractivity contribution in [3.05, 3.63) is 78.9 Å². The van der Waals surface area contributed by atoms with Gasteiger partial charge in [-0.05, 0) is 60.3 Å². The van der Waals surface area contributed by atoms with Gasteiger partial charge in [0, 0.05) is 15.6 Å². The number of nitrogens with one attached hydrogen (secondary N) is 1. The Kier molecular flexibility index (Phi) is 6.09. The summed E-state index contributed by atoms with van der Waals surface area (Å²) in [7, 11) is 0. The lowest BCUT2D eigenvalue weighted by molar-refractivity contribution is 0.103. The first-order valence-electron chi connectivity index (χ1n) is 7.65. The lowest BCUT2D eigenvalue weighted by Gasteiger charge is -2.07. The molecule has 1 N–H and O–H groups in total. The quantitative estimate of drug-likeness (QED) is 0.484. The molecule has 1 amide bonds. The molecule has 0 atom stereocenters. The van der Waals surface area contributed by atoms with Gasteiger partial charge in [0.05, 0.1) is 15.6 Å². The maximum atomic E-state index is 12.4. The van der Waals surface area contributed by atoms with Crippen molar-refractivity contribution >= 4 is 57.7 Å². The van der Waals surface area contributed by atoms with Crippen molar-refractivity contribution in [2.75, 3.05) is 5.32 Å². The van der Waals surface area contributed by atoms with Crippen molar-refractivity contribution in [3.8, 4) is 5.75 Å². The highest BCUT2D eigenvalue weighted by Gasteiger charge is 2.12. The molecule has 0 radical (unpaired) electrons. The molecular weight excluding hydrogens is 413 g/mol. The first-order chi connectivity index (χ1) is 12.4. The standard InChI is InChI=1S/C19H14Cl3NO2S/c1-11-6-14(3-4-15(11)21)25-9-12-7-18(26-10-12)19(24)23-17-5-2-13(20)8-16(17)22/h2-8,10H,9H2,1H3,(H,23,24). The van der Waals surface area contributed by atoms with Crippen LogP contribution in [0.4, 0.5) is 5.69 Å². The second-order valence-corrected chi connectivity index (χ2v) is 7.76. The van der Waals surface area contributed by atoms with E-state index in [-0.39, 0.29) is 5.91 Å². The number of thiophene rings is 1. The van der Waals surface area contributed by atoms with Gasteiger partial charge in [-0.3, -0.25) is 4.79 Å². The highest BCUT2D eigenvalue weighted by Crippen LogP contribution is 2.27. The molecule has 26 heavy (non-hydrogen) atoms. The molecule has 3 nitrogen and oxygen atoms in total. The van der Waals surface area contributed by atoms with Crippen molar-refractivity contribution in [1.29, 1.82) is 0 Å². The minimum Gasteiger partial charge on any atom is -0.489 e. The van der Waals surface area contributed by atoms with Gasteiger partial charge in [-0.15, -0.1) is 11.3 Å². The summed E-state index contributed by atoms with van der Waals surface area (Å²) in [6, 6.07) is 12.2. The molecule has 0 saturated heterocycles. The van der Waals surface area contributed by atoms with Crippen LogP contribution < -0.4 is 10.1 Å². The van der Waals surface area contributed by atoms with Crippen LogP contribution in [-0.2, 0) is 6.61 Å². The van der Waals surface area contributed by atoms with Gasteiger partial charge in [-0.25, -0.2) is 0 Å². The Hall–Kier alpha value is -1.72. The van der Waals surface area contributed by atoms with E-state index in [1.54, 1.807) is 30.3 Å². The summed E-state index contributed by atoms with van der Waals surface area (Å²) in [5.74, 6) is 0.504. The van der Waals surface area contributed by atoms with E-state index in [1.165, 1.54) is 11.3 Å². The van der Waals surface area contributed by atoms with Crippen LogP contribution >= 0.6 is 46.1 Å². The minimum atomic E-state index is -0.229. The summed E-state index contributed by atoms with van der Waals surface area (Å²) >= 11 is 19.3. The largest absolute Gasteiger partial charge is 0.489 e. The molecule has 0 unspecified atom stereocenters. The predicted molar refractivity (Wildman–Crippen MR) is 109 cm³/mol. The Morgan fingerprint density at radius 3 is 2.62 bits per heavy atom. The summed E-state index contributed by atoms with van der Waals surface area (Å²) in [5.41, 5.74) is 2.38. The molecule has 0 aliphatic heterocycles. The van der Waals surface area contributed by atoms with Crippen LogP contribution in [0.15, 0.2) is 47.8 Å². The normalized spacial score (nSPS) is 10.6. The van der Waals surface area contributed by atoms with Crippen molar-refractivity contribution in [2.45, 2.75) is 13.5 Å². The topological polar surface area (TPSA) is 38.3 Å². The maximum Gasteiger partial charge on any atom is 0.265 e. The molecule has 0 saturated carbocycles. The van der Waals surface area contributed by atoms with E-state index in [0.717, 1.165) is 16.9 Å². The van der Waals surface area contributed by atoms with Crippen molar-refractivity contribution in [1.82, 2.24) is 0 Å². The number of halogens is 3. The van der Waals surface area contributed by atoms with Crippen LogP contribution in [0.25, 0.3) is 0 Å². The molecule has 2 aromatic carbocycles. The molecule has 1 heterocycles. The van der Waals surface area contributed by atoms with Gasteiger partial charge in [-0.2, -0.15) is 0 Å². The van der Waals surface area contributed by atoms with Crippen LogP contribution in [0.3, 0.4) is 0 Å². The average molecular weight is 427 g/mol. The first-order valence-corrected chi connectivity index (χ1v) is 9.66. The molecule has 3 rings (SSSR count). The number of carbonyl (C=O) groups is 1. The number of hydrogen-bond donors (Lipinski definition) is 1. The number of rotatable bonds is 5. The molecule has 1 aromatic heterocycles. The fourth-order valence-electron chi connectivity index (χ4n) is 2.22. The number of aryl methyl sites for hydroxylation is 1. The summed E-state index contributed by atoms with van der Waals surface area (Å²) in [4.78, 5) is 12.9. The summed E-state index contributed by atoms with van der Waals surface area (Å²) in [6.45, 7) is 2.29. The number of anilines is 1. The Bertz CT molecular complexity index is 956. The van der Waals surface area contributed by atoms with Crippen molar-refractivity contribution < 1.29 is 9.53 Å². The second kappa shape index (κ2) is 8.31. The zero-order valence-corrected chi connectivity index (χ0v) is 16.8. The van der Waals surface area contributed by atoms with E-state index in [2.05, 4.69) is 5.32 Å². The van der Waals surface area contributed by atoms with E-state index in [1.807, 2.05) is 24.4 Å². The molecular formula is C19H14Cl3NO2S. The van der Waals surface area contributed by atoms with Crippen LogP contribution in [0, 0.1) is 6.92 Å². The molecule has 0 fully saturated rings. The third kappa shape index (κ3) is 4.71. The summed E-state index contributed by atoms with van der Waals surface area (Å²) in [6.07, 6.45) is 0. The molecule has 7 heteroatoms. The van der Waals surface area contributed by atoms with E-state index < -0.39 is 0 Å². The Labute approximate surface area is 170 Å². The van der Waals surface area contributed by atoms with E-state index in [0.29, 0.717) is 32.2 Å². The molecule has 0 spiro atoms. The number of amides is 1. The fraction of sp³-hybridized carbons (Fsp3) is 0.105. The molecule has 3 aromatic rings. The van der Waals surface area contributed by atoms with Gasteiger partial charge in [0.1, 0.15) is 12.4 Å². The number of carbonyl (C=O) groups excluding carboxylic acids is 1. The monoisotopic (exact) mass is 425 g/mol. The zero-order valence-electron chi connectivity index (χ0n) is 13.7.